The maximum Gasteiger partial charge on any atom is 0.120 e. The van der Waals surface area contributed by atoms with Crippen LogP contribution < -0.4 is 0 Å². The van der Waals surface area contributed by atoms with E-state index in [1.165, 1.54) is 11.1 Å². The summed E-state index contributed by atoms with van der Waals surface area (Å²) in [6.07, 6.45) is 2.06. The van der Waals surface area contributed by atoms with Crippen molar-refractivity contribution >= 4 is 0 Å². The molecular weight excluding hydrogens is 396 g/mol. The second-order valence-electron chi connectivity index (χ2n) is 8.73. The van der Waals surface area contributed by atoms with E-state index in [4.69, 9.17) is 0 Å². The number of nitrogens with zero attached hydrogens (tertiary/aromatic N) is 2. The molecule has 2 aromatic rings. The van der Waals surface area contributed by atoms with E-state index in [0.29, 0.717) is 23.3 Å². The number of rotatable bonds is 13. The maximum absolute atomic E-state index is 10.5. The predicted octanol–water partition coefficient (Wildman–Crippen LogP) is 6.47. The van der Waals surface area contributed by atoms with Gasteiger partial charge in [0.15, 0.2) is 0 Å². The van der Waals surface area contributed by atoms with E-state index in [-0.39, 0.29) is 0 Å². The summed E-state index contributed by atoms with van der Waals surface area (Å²) in [4.78, 5) is 4.66. The van der Waals surface area contributed by atoms with Crippen LogP contribution in [-0.4, -0.2) is 46.2 Å². The molecule has 32 heavy (non-hydrogen) atoms. The third-order valence-corrected chi connectivity index (χ3v) is 7.01. The van der Waals surface area contributed by atoms with Gasteiger partial charge < -0.3 is 10.2 Å². The highest BCUT2D eigenvalue weighted by atomic mass is 16.3. The summed E-state index contributed by atoms with van der Waals surface area (Å²) >= 11 is 0. The molecule has 0 unspecified atom stereocenters. The smallest absolute Gasteiger partial charge is 0.120 e. The van der Waals surface area contributed by atoms with Crippen molar-refractivity contribution in [1.82, 2.24) is 9.80 Å². The average molecular weight is 441 g/mol. The zero-order valence-corrected chi connectivity index (χ0v) is 21.1. The Hall–Kier alpha value is -2.04. The maximum atomic E-state index is 10.5. The first kappa shape index (κ1) is 26.2. The van der Waals surface area contributed by atoms with Crippen molar-refractivity contribution in [3.8, 4) is 11.5 Å². The minimum Gasteiger partial charge on any atom is -0.508 e. The molecule has 178 valence electrons. The first-order chi connectivity index (χ1) is 15.4. The lowest BCUT2D eigenvalue weighted by molar-refractivity contribution is 0.290. The first-order valence-electron chi connectivity index (χ1n) is 12.5. The fraction of sp³-hybridized carbons (Fsp3) is 0.571. The van der Waals surface area contributed by atoms with Crippen LogP contribution in [0, 0.1) is 0 Å². The molecule has 0 fully saturated rings. The molecule has 0 amide bonds. The summed E-state index contributed by atoms with van der Waals surface area (Å²) in [6, 6.07) is 12.3. The topological polar surface area (TPSA) is 46.9 Å². The van der Waals surface area contributed by atoms with Crippen LogP contribution in [0.3, 0.4) is 0 Å². The Morgan fingerprint density at radius 3 is 1.22 bits per heavy atom. The van der Waals surface area contributed by atoms with Gasteiger partial charge in [-0.1, -0.05) is 65.8 Å². The summed E-state index contributed by atoms with van der Waals surface area (Å²) in [7, 11) is 0. The zero-order valence-electron chi connectivity index (χ0n) is 21.1. The summed E-state index contributed by atoms with van der Waals surface area (Å²) in [5.41, 5.74) is 4.59. The van der Waals surface area contributed by atoms with E-state index in [0.717, 1.165) is 63.2 Å². The molecule has 0 saturated heterocycles. The molecule has 0 aliphatic heterocycles. The molecule has 4 nitrogen and oxygen atoms in total. The Morgan fingerprint density at radius 2 is 0.938 bits per heavy atom. The van der Waals surface area contributed by atoms with Crippen molar-refractivity contribution in [3.63, 3.8) is 0 Å². The van der Waals surface area contributed by atoms with Gasteiger partial charge in [-0.05, 0) is 74.1 Å². The Morgan fingerprint density at radius 1 is 0.594 bits per heavy atom. The minimum atomic E-state index is 0.363. The molecule has 2 aromatic carbocycles. The van der Waals surface area contributed by atoms with Crippen LogP contribution in [0.25, 0.3) is 0 Å². The van der Waals surface area contributed by atoms with Crippen molar-refractivity contribution in [3.05, 3.63) is 58.7 Å². The van der Waals surface area contributed by atoms with Crippen LogP contribution in [0.1, 0.15) is 88.5 Å². The fourth-order valence-corrected chi connectivity index (χ4v) is 4.81. The van der Waals surface area contributed by atoms with Gasteiger partial charge in [-0.15, -0.1) is 0 Å². The molecular formula is C28H44N2O2. The van der Waals surface area contributed by atoms with Crippen LogP contribution in [-0.2, 0) is 13.1 Å². The molecule has 4 heteroatoms. The number of phenolic OH excluding ortho intramolecular Hbond substituents is 2. The largest absolute Gasteiger partial charge is 0.508 e. The summed E-state index contributed by atoms with van der Waals surface area (Å²) in [5, 5.41) is 21.0. The van der Waals surface area contributed by atoms with Crippen molar-refractivity contribution < 1.29 is 10.2 Å². The Labute approximate surface area is 195 Å². The van der Waals surface area contributed by atoms with Crippen molar-refractivity contribution in [2.75, 3.05) is 26.2 Å². The molecule has 0 spiro atoms. The van der Waals surface area contributed by atoms with Gasteiger partial charge in [-0.2, -0.15) is 0 Å². The number of aromatic hydroxyl groups is 2. The molecule has 2 rings (SSSR count). The second kappa shape index (κ2) is 12.9. The molecule has 0 aromatic heterocycles. The van der Waals surface area contributed by atoms with Gasteiger partial charge in [0, 0.05) is 24.2 Å². The van der Waals surface area contributed by atoms with E-state index in [1.54, 1.807) is 0 Å². The van der Waals surface area contributed by atoms with Crippen molar-refractivity contribution in [2.45, 2.75) is 79.3 Å². The molecule has 0 radical (unpaired) electrons. The van der Waals surface area contributed by atoms with E-state index in [1.807, 2.05) is 12.1 Å². The van der Waals surface area contributed by atoms with Crippen LogP contribution in [0.2, 0.25) is 0 Å². The van der Waals surface area contributed by atoms with Crippen LogP contribution in [0.15, 0.2) is 36.4 Å². The Balaban J connectivity index is 2.39. The Kier molecular flexibility index (Phi) is 10.5. The second-order valence-corrected chi connectivity index (χ2v) is 8.73. The third kappa shape index (κ3) is 6.49. The highest BCUT2D eigenvalue weighted by Gasteiger charge is 2.24. The normalized spacial score (nSPS) is 13.6. The third-order valence-electron chi connectivity index (χ3n) is 7.01. The van der Waals surface area contributed by atoms with Gasteiger partial charge in [0.05, 0.1) is 0 Å². The molecule has 0 bridgehead atoms. The van der Waals surface area contributed by atoms with Gasteiger partial charge >= 0.3 is 0 Å². The number of phenols is 2. The predicted molar refractivity (Wildman–Crippen MR) is 136 cm³/mol. The lowest BCUT2D eigenvalue weighted by atomic mass is 9.77. The van der Waals surface area contributed by atoms with Crippen LogP contribution >= 0.6 is 0 Å². The van der Waals surface area contributed by atoms with Gasteiger partial charge in [0.1, 0.15) is 11.5 Å². The lowest BCUT2D eigenvalue weighted by Crippen LogP contribution is -2.22. The van der Waals surface area contributed by atoms with Gasteiger partial charge in [0.25, 0.3) is 0 Å². The van der Waals surface area contributed by atoms with Gasteiger partial charge in [-0.25, -0.2) is 0 Å². The lowest BCUT2D eigenvalue weighted by Gasteiger charge is -2.28. The fourth-order valence-electron chi connectivity index (χ4n) is 4.81. The molecule has 0 aliphatic rings. The molecule has 2 atom stereocenters. The highest BCUT2D eigenvalue weighted by molar-refractivity contribution is 5.42. The van der Waals surface area contributed by atoms with Crippen LogP contribution in [0.5, 0.6) is 11.5 Å². The first-order valence-corrected chi connectivity index (χ1v) is 12.5. The number of hydrogen-bond donors (Lipinski definition) is 2. The quantitative estimate of drug-likeness (QED) is 0.375. The monoisotopic (exact) mass is 440 g/mol. The van der Waals surface area contributed by atoms with Gasteiger partial charge in [0.2, 0.25) is 0 Å². The summed E-state index contributed by atoms with van der Waals surface area (Å²) in [5.74, 6) is 1.49. The van der Waals surface area contributed by atoms with E-state index in [9.17, 15) is 10.2 Å². The van der Waals surface area contributed by atoms with Crippen LogP contribution in [0.4, 0.5) is 0 Å². The summed E-state index contributed by atoms with van der Waals surface area (Å²) < 4.78 is 0. The van der Waals surface area contributed by atoms with Gasteiger partial charge in [-0.3, -0.25) is 9.80 Å². The SMILES string of the molecule is CC[C@@H](c1ccc(O)c(CN(CC)CC)c1)[C@@H](CC)c1ccc(O)c(CN(CC)CC)c1. The Bertz CT molecular complexity index is 759. The van der Waals surface area contributed by atoms with Crippen molar-refractivity contribution in [1.29, 1.82) is 0 Å². The van der Waals surface area contributed by atoms with Crippen molar-refractivity contribution in [2.24, 2.45) is 0 Å². The molecule has 0 heterocycles. The summed E-state index contributed by atoms with van der Waals surface area (Å²) in [6.45, 7) is 18.6. The highest BCUT2D eigenvalue weighted by Crippen LogP contribution is 2.40. The minimum absolute atomic E-state index is 0.363. The zero-order chi connectivity index (χ0) is 23.7. The molecule has 0 saturated carbocycles. The molecule has 2 N–H and O–H groups in total. The number of benzene rings is 2. The van der Waals surface area contributed by atoms with E-state index >= 15 is 0 Å². The van der Waals surface area contributed by atoms with E-state index < -0.39 is 0 Å². The molecule has 0 aliphatic carbocycles. The number of hydrogen-bond acceptors (Lipinski definition) is 4. The van der Waals surface area contributed by atoms with E-state index in [2.05, 4.69) is 75.6 Å². The average Bonchev–Trinajstić information content (AvgIpc) is 2.81. The standard InChI is InChI=1S/C28H44N2O2/c1-7-25(21-13-15-27(31)23(17-21)19-29(9-3)10-4)26(8-2)22-14-16-28(32)24(18-22)20-30(11-5)12-6/h13-18,25-26,31-32H,7-12,19-20H2,1-6H3/t25-,26-/m0/s1.